The molecular weight excluding hydrogens is 438 g/mol. The first kappa shape index (κ1) is 22.9. The summed E-state index contributed by atoms with van der Waals surface area (Å²) in [7, 11) is 0. The fraction of sp³-hybridized carbons (Fsp3) is 0.321. The SMILES string of the molecule is C#Cc1cccc(Nc2ncnc3cc4c(cc23)N(C(=O)C=CCN2CCCCC2)CCCO4)c1. The van der Waals surface area contributed by atoms with Crippen molar-refractivity contribution in [2.24, 2.45) is 0 Å². The smallest absolute Gasteiger partial charge is 0.250 e. The van der Waals surface area contributed by atoms with Crippen LogP contribution >= 0.6 is 0 Å². The highest BCUT2D eigenvalue weighted by atomic mass is 16.5. The van der Waals surface area contributed by atoms with Gasteiger partial charge in [0.2, 0.25) is 0 Å². The molecule has 0 bridgehead atoms. The summed E-state index contributed by atoms with van der Waals surface area (Å²) in [6, 6.07) is 11.4. The molecule has 0 aliphatic carbocycles. The maximum Gasteiger partial charge on any atom is 0.250 e. The Morgan fingerprint density at radius 3 is 2.86 bits per heavy atom. The first-order chi connectivity index (χ1) is 17.2. The molecule has 2 aliphatic rings. The average Bonchev–Trinajstić information content (AvgIpc) is 3.10. The van der Waals surface area contributed by atoms with Gasteiger partial charge in [0.25, 0.3) is 5.91 Å². The lowest BCUT2D eigenvalue weighted by molar-refractivity contribution is -0.114. The fourth-order valence-electron chi connectivity index (χ4n) is 4.61. The quantitative estimate of drug-likeness (QED) is 0.440. The first-order valence-electron chi connectivity index (χ1n) is 12.2. The van der Waals surface area contributed by atoms with Crippen LogP contribution in [0, 0.1) is 12.3 Å². The summed E-state index contributed by atoms with van der Waals surface area (Å²) in [5.74, 6) is 3.91. The second-order valence-corrected chi connectivity index (χ2v) is 8.87. The zero-order valence-corrected chi connectivity index (χ0v) is 19.7. The van der Waals surface area contributed by atoms with Crippen molar-refractivity contribution in [1.82, 2.24) is 14.9 Å². The summed E-state index contributed by atoms with van der Waals surface area (Å²) in [6.07, 6.45) is 15.3. The molecule has 2 aromatic carbocycles. The highest BCUT2D eigenvalue weighted by molar-refractivity contribution is 6.05. The Morgan fingerprint density at radius 2 is 2.00 bits per heavy atom. The number of nitrogens with zero attached hydrogens (tertiary/aromatic N) is 4. The van der Waals surface area contributed by atoms with Crippen molar-refractivity contribution in [2.75, 3.05) is 43.0 Å². The molecule has 178 valence electrons. The van der Waals surface area contributed by atoms with Crippen molar-refractivity contribution >= 4 is 34.0 Å². The molecule has 1 N–H and O–H groups in total. The summed E-state index contributed by atoms with van der Waals surface area (Å²) in [5, 5.41) is 4.15. The van der Waals surface area contributed by atoms with Gasteiger partial charge in [0.1, 0.15) is 17.9 Å². The molecule has 2 aliphatic heterocycles. The largest absolute Gasteiger partial charge is 0.491 e. The summed E-state index contributed by atoms with van der Waals surface area (Å²) < 4.78 is 6.00. The predicted molar refractivity (Wildman–Crippen MR) is 139 cm³/mol. The number of carbonyl (C=O) groups excluding carboxylic acids is 1. The van der Waals surface area contributed by atoms with Crippen LogP contribution in [0.15, 0.2) is 54.9 Å². The summed E-state index contributed by atoms with van der Waals surface area (Å²) in [5.41, 5.74) is 3.09. The van der Waals surface area contributed by atoms with Crippen LogP contribution in [0.25, 0.3) is 10.9 Å². The third-order valence-electron chi connectivity index (χ3n) is 6.42. The Bertz CT molecular complexity index is 1290. The van der Waals surface area contributed by atoms with Crippen LogP contribution in [0.2, 0.25) is 0 Å². The summed E-state index contributed by atoms with van der Waals surface area (Å²) in [4.78, 5) is 26.3. The number of rotatable bonds is 5. The minimum absolute atomic E-state index is 0.0406. The monoisotopic (exact) mass is 467 g/mol. The number of aromatic nitrogens is 2. The number of likely N-dealkylation sites (tertiary alicyclic amines) is 1. The van der Waals surface area contributed by atoms with E-state index < -0.39 is 0 Å². The van der Waals surface area contributed by atoms with E-state index in [-0.39, 0.29) is 5.91 Å². The number of benzene rings is 2. The Balaban J connectivity index is 1.44. The minimum atomic E-state index is -0.0406. The van der Waals surface area contributed by atoms with E-state index in [1.165, 1.54) is 25.6 Å². The van der Waals surface area contributed by atoms with Gasteiger partial charge in [-0.15, -0.1) is 6.42 Å². The maximum absolute atomic E-state index is 13.2. The van der Waals surface area contributed by atoms with Gasteiger partial charge in [0.05, 0.1) is 17.8 Å². The van der Waals surface area contributed by atoms with Gasteiger partial charge in [-0.2, -0.15) is 0 Å². The molecule has 7 heteroatoms. The van der Waals surface area contributed by atoms with Crippen molar-refractivity contribution in [2.45, 2.75) is 25.7 Å². The zero-order chi connectivity index (χ0) is 24.0. The van der Waals surface area contributed by atoms with Gasteiger partial charge < -0.3 is 15.0 Å². The Morgan fingerprint density at radius 1 is 1.11 bits per heavy atom. The van der Waals surface area contributed by atoms with Crippen LogP contribution < -0.4 is 15.0 Å². The molecule has 1 aromatic heterocycles. The van der Waals surface area contributed by atoms with Crippen molar-refractivity contribution in [3.63, 3.8) is 0 Å². The normalized spacial score (nSPS) is 16.4. The Labute approximate surface area is 205 Å². The summed E-state index contributed by atoms with van der Waals surface area (Å²) >= 11 is 0. The van der Waals surface area contributed by atoms with Crippen molar-refractivity contribution in [3.05, 3.63) is 60.4 Å². The lowest BCUT2D eigenvalue weighted by Gasteiger charge is -2.25. The second kappa shape index (κ2) is 10.6. The molecule has 0 saturated carbocycles. The topological polar surface area (TPSA) is 70.6 Å². The highest BCUT2D eigenvalue weighted by Gasteiger charge is 2.23. The van der Waals surface area contributed by atoms with Crippen LogP contribution in [0.4, 0.5) is 17.2 Å². The van der Waals surface area contributed by atoms with Gasteiger partial charge >= 0.3 is 0 Å². The van der Waals surface area contributed by atoms with E-state index in [0.29, 0.717) is 24.7 Å². The Hall–Kier alpha value is -3.89. The number of anilines is 3. The number of hydrogen-bond donors (Lipinski definition) is 1. The molecule has 0 atom stereocenters. The second-order valence-electron chi connectivity index (χ2n) is 8.87. The molecule has 0 spiro atoms. The molecule has 3 heterocycles. The highest BCUT2D eigenvalue weighted by Crippen LogP contribution is 2.37. The predicted octanol–water partition coefficient (Wildman–Crippen LogP) is 4.51. The molecular formula is C28H29N5O2. The molecule has 5 rings (SSSR count). The third kappa shape index (κ3) is 5.28. The molecule has 1 fully saturated rings. The molecule has 0 unspecified atom stereocenters. The van der Waals surface area contributed by atoms with Crippen LogP contribution in [-0.2, 0) is 4.79 Å². The maximum atomic E-state index is 13.2. The van der Waals surface area contributed by atoms with Gasteiger partial charge in [0.15, 0.2) is 0 Å². The van der Waals surface area contributed by atoms with E-state index in [2.05, 4.69) is 26.1 Å². The molecule has 1 saturated heterocycles. The van der Waals surface area contributed by atoms with Crippen molar-refractivity contribution in [1.29, 1.82) is 0 Å². The van der Waals surface area contributed by atoms with Crippen LogP contribution in [0.5, 0.6) is 5.75 Å². The lowest BCUT2D eigenvalue weighted by atomic mass is 10.1. The fourth-order valence-corrected chi connectivity index (χ4v) is 4.61. The van der Waals surface area contributed by atoms with E-state index >= 15 is 0 Å². The number of nitrogens with one attached hydrogen (secondary N) is 1. The van der Waals surface area contributed by atoms with Crippen molar-refractivity contribution in [3.8, 4) is 18.1 Å². The van der Waals surface area contributed by atoms with Crippen molar-refractivity contribution < 1.29 is 9.53 Å². The van der Waals surface area contributed by atoms with E-state index in [4.69, 9.17) is 11.2 Å². The third-order valence-corrected chi connectivity index (χ3v) is 6.42. The van der Waals surface area contributed by atoms with Gasteiger partial charge in [-0.3, -0.25) is 9.69 Å². The first-order valence-corrected chi connectivity index (χ1v) is 12.2. The lowest BCUT2D eigenvalue weighted by Crippen LogP contribution is -2.31. The number of carbonyl (C=O) groups is 1. The number of terminal acetylenes is 1. The van der Waals surface area contributed by atoms with E-state index in [1.807, 2.05) is 42.5 Å². The van der Waals surface area contributed by atoms with Gasteiger partial charge in [-0.25, -0.2) is 9.97 Å². The van der Waals surface area contributed by atoms with Crippen LogP contribution in [0.1, 0.15) is 31.2 Å². The number of ether oxygens (including phenoxy) is 1. The van der Waals surface area contributed by atoms with E-state index in [9.17, 15) is 4.79 Å². The molecule has 35 heavy (non-hydrogen) atoms. The van der Waals surface area contributed by atoms with E-state index in [0.717, 1.165) is 53.9 Å². The van der Waals surface area contributed by atoms with E-state index in [1.54, 1.807) is 11.0 Å². The number of fused-ring (bicyclic) bond motifs is 2. The van der Waals surface area contributed by atoms with Crippen LogP contribution in [-0.4, -0.2) is 53.6 Å². The zero-order valence-electron chi connectivity index (χ0n) is 19.7. The van der Waals surface area contributed by atoms with Gasteiger partial charge in [0, 0.05) is 41.9 Å². The number of hydrogen-bond acceptors (Lipinski definition) is 6. The number of piperidine rings is 1. The molecule has 7 nitrogen and oxygen atoms in total. The molecule has 1 amide bonds. The van der Waals surface area contributed by atoms with Crippen LogP contribution in [0.3, 0.4) is 0 Å². The average molecular weight is 468 g/mol. The van der Waals surface area contributed by atoms with Gasteiger partial charge in [-0.05, 0) is 56.6 Å². The molecule has 0 radical (unpaired) electrons. The summed E-state index contributed by atoms with van der Waals surface area (Å²) in [6.45, 7) is 4.15. The Kier molecular flexibility index (Phi) is 6.92. The van der Waals surface area contributed by atoms with Gasteiger partial charge in [-0.1, -0.05) is 24.5 Å². The standard InChI is InChI=1S/C28H29N5O2/c1-2-21-9-6-10-22(17-21)31-28-23-18-25-26(19-24(23)29-20-30-28)35-16-8-15-33(25)27(34)11-7-14-32-12-4-3-5-13-32/h1,6-7,9-11,17-20H,3-5,8,12-16H2,(H,29,30,31). The number of amides is 1. The molecule has 3 aromatic rings. The minimum Gasteiger partial charge on any atom is -0.491 e.